The van der Waals surface area contributed by atoms with Crippen LogP contribution in [-0.2, 0) is 24.0 Å². The second-order valence-electron chi connectivity index (χ2n) is 5.03. The fourth-order valence-electron chi connectivity index (χ4n) is 1.49. The van der Waals surface area contributed by atoms with Crippen LogP contribution in [0.2, 0.25) is 0 Å². The maximum absolute atomic E-state index is 11.9. The third-order valence-corrected chi connectivity index (χ3v) is 2.70. The number of carboxylic acids is 1. The number of hydrogen-bond acceptors (Lipinski definition) is 6. The molecular formula is C13H20N4O6. The van der Waals surface area contributed by atoms with Crippen LogP contribution >= 0.6 is 0 Å². The average Bonchev–Trinajstić information content (AvgIpc) is 2.47. The van der Waals surface area contributed by atoms with Gasteiger partial charge in [0, 0.05) is 0 Å². The number of carbonyl (C=O) groups excluding carboxylic acids is 4. The van der Waals surface area contributed by atoms with Gasteiger partial charge in [-0.25, -0.2) is 4.79 Å². The van der Waals surface area contributed by atoms with Gasteiger partial charge < -0.3 is 21.1 Å². The molecule has 0 aromatic rings. The molecule has 0 saturated carbocycles. The molecule has 0 aliphatic rings. The van der Waals surface area contributed by atoms with E-state index in [1.165, 1.54) is 13.0 Å². The number of carboxylic acid groups (broad SMARTS) is 1. The van der Waals surface area contributed by atoms with E-state index in [-0.39, 0.29) is 5.92 Å². The van der Waals surface area contributed by atoms with Crippen molar-refractivity contribution < 1.29 is 29.1 Å². The van der Waals surface area contributed by atoms with E-state index >= 15 is 0 Å². The summed E-state index contributed by atoms with van der Waals surface area (Å²) < 4.78 is 0. The average molecular weight is 328 g/mol. The minimum atomic E-state index is -1.21. The Morgan fingerprint density at radius 2 is 1.65 bits per heavy atom. The Labute approximate surface area is 132 Å². The predicted molar refractivity (Wildman–Crippen MR) is 78.0 cm³/mol. The zero-order valence-corrected chi connectivity index (χ0v) is 13.1. The number of rotatable bonds is 9. The first-order chi connectivity index (χ1) is 10.7. The molecule has 0 fully saturated rings. The SMILES string of the molecule is CC(C)[C@H](N=C=O)C(=O)N[C@@H](C)C(=O)NCC(=O)NCC(=O)O. The van der Waals surface area contributed by atoms with Gasteiger partial charge in [0.25, 0.3) is 0 Å². The van der Waals surface area contributed by atoms with Crippen LogP contribution in [0.15, 0.2) is 4.99 Å². The molecule has 0 aliphatic carbocycles. The van der Waals surface area contributed by atoms with E-state index in [4.69, 9.17) is 5.11 Å². The fraction of sp³-hybridized carbons (Fsp3) is 0.615. The molecule has 10 nitrogen and oxygen atoms in total. The quantitative estimate of drug-likeness (QED) is 0.288. The van der Waals surface area contributed by atoms with Crippen molar-refractivity contribution in [2.75, 3.05) is 13.1 Å². The molecule has 0 aliphatic heterocycles. The molecule has 2 atom stereocenters. The van der Waals surface area contributed by atoms with Gasteiger partial charge in [-0.15, -0.1) is 0 Å². The molecule has 128 valence electrons. The summed E-state index contributed by atoms with van der Waals surface area (Å²) in [5.74, 6) is -3.39. The third-order valence-electron chi connectivity index (χ3n) is 2.70. The Kier molecular flexibility index (Phi) is 8.87. The lowest BCUT2D eigenvalue weighted by Crippen LogP contribution is -2.50. The molecule has 10 heteroatoms. The molecule has 3 amide bonds. The van der Waals surface area contributed by atoms with Crippen molar-refractivity contribution in [2.45, 2.75) is 32.9 Å². The highest BCUT2D eigenvalue weighted by atomic mass is 16.4. The van der Waals surface area contributed by atoms with Crippen LogP contribution in [0, 0.1) is 5.92 Å². The van der Waals surface area contributed by atoms with Gasteiger partial charge in [-0.2, -0.15) is 4.99 Å². The molecule has 23 heavy (non-hydrogen) atoms. The van der Waals surface area contributed by atoms with E-state index < -0.39 is 48.9 Å². The van der Waals surface area contributed by atoms with E-state index in [1.54, 1.807) is 13.8 Å². The zero-order valence-electron chi connectivity index (χ0n) is 13.1. The van der Waals surface area contributed by atoms with Gasteiger partial charge >= 0.3 is 5.97 Å². The van der Waals surface area contributed by atoms with Crippen molar-refractivity contribution in [3.8, 4) is 0 Å². The molecule has 0 unspecified atom stereocenters. The lowest BCUT2D eigenvalue weighted by Gasteiger charge is -2.18. The zero-order chi connectivity index (χ0) is 18.0. The van der Waals surface area contributed by atoms with Crippen molar-refractivity contribution in [1.29, 1.82) is 0 Å². The van der Waals surface area contributed by atoms with Gasteiger partial charge in [0.05, 0.1) is 6.54 Å². The monoisotopic (exact) mass is 328 g/mol. The Hall–Kier alpha value is -2.74. The standard InChI is InChI=1S/C13H20N4O6/c1-7(2)11(16-6-18)13(23)17-8(3)12(22)15-4-9(19)14-5-10(20)21/h7-8,11H,4-5H2,1-3H3,(H,14,19)(H,15,22)(H,17,23)(H,20,21)/t8-,11-/m0/s1. The first kappa shape index (κ1) is 20.3. The Morgan fingerprint density at radius 1 is 1.04 bits per heavy atom. The summed E-state index contributed by atoms with van der Waals surface area (Å²) in [5.41, 5.74) is 0. The maximum atomic E-state index is 11.9. The van der Waals surface area contributed by atoms with Gasteiger partial charge in [-0.3, -0.25) is 19.2 Å². The van der Waals surface area contributed by atoms with E-state index in [0.29, 0.717) is 0 Å². The summed E-state index contributed by atoms with van der Waals surface area (Å²) in [6.07, 6.45) is 1.31. The summed E-state index contributed by atoms with van der Waals surface area (Å²) in [7, 11) is 0. The predicted octanol–water partition coefficient (Wildman–Crippen LogP) is -1.83. The topological polar surface area (TPSA) is 154 Å². The first-order valence-corrected chi connectivity index (χ1v) is 6.82. The lowest BCUT2D eigenvalue weighted by atomic mass is 10.0. The Balaban J connectivity index is 4.39. The molecular weight excluding hydrogens is 308 g/mol. The summed E-state index contributed by atoms with van der Waals surface area (Å²) in [6, 6.07) is -1.92. The number of isocyanates is 1. The van der Waals surface area contributed by atoms with Crippen LogP contribution in [0.5, 0.6) is 0 Å². The molecule has 0 bridgehead atoms. The Bertz CT molecular complexity index is 513. The van der Waals surface area contributed by atoms with Crippen molar-refractivity contribution in [2.24, 2.45) is 10.9 Å². The fourth-order valence-corrected chi connectivity index (χ4v) is 1.49. The van der Waals surface area contributed by atoms with E-state index in [9.17, 15) is 24.0 Å². The highest BCUT2D eigenvalue weighted by Crippen LogP contribution is 2.06. The minimum absolute atomic E-state index is 0.256. The van der Waals surface area contributed by atoms with Gasteiger partial charge in [-0.05, 0) is 12.8 Å². The molecule has 0 saturated heterocycles. The summed E-state index contributed by atoms with van der Waals surface area (Å²) in [4.78, 5) is 58.8. The van der Waals surface area contributed by atoms with E-state index in [2.05, 4.69) is 20.9 Å². The van der Waals surface area contributed by atoms with Crippen molar-refractivity contribution in [3.05, 3.63) is 0 Å². The molecule has 0 aromatic heterocycles. The smallest absolute Gasteiger partial charge is 0.322 e. The van der Waals surface area contributed by atoms with Crippen molar-refractivity contribution in [1.82, 2.24) is 16.0 Å². The minimum Gasteiger partial charge on any atom is -0.480 e. The lowest BCUT2D eigenvalue weighted by molar-refractivity contribution is -0.138. The number of hydrogen-bond donors (Lipinski definition) is 4. The summed E-state index contributed by atoms with van der Waals surface area (Å²) in [5, 5.41) is 15.1. The van der Waals surface area contributed by atoms with Crippen LogP contribution in [0.3, 0.4) is 0 Å². The second-order valence-corrected chi connectivity index (χ2v) is 5.03. The number of nitrogens with zero attached hydrogens (tertiary/aromatic N) is 1. The third kappa shape index (κ3) is 8.32. The number of aliphatic imine (C=N–C) groups is 1. The second kappa shape index (κ2) is 10.1. The van der Waals surface area contributed by atoms with Crippen LogP contribution in [0.1, 0.15) is 20.8 Å². The summed E-state index contributed by atoms with van der Waals surface area (Å²) in [6.45, 7) is 3.78. The van der Waals surface area contributed by atoms with Crippen molar-refractivity contribution in [3.63, 3.8) is 0 Å². The van der Waals surface area contributed by atoms with E-state index in [1.807, 2.05) is 0 Å². The number of nitrogens with one attached hydrogen (secondary N) is 3. The van der Waals surface area contributed by atoms with Crippen LogP contribution in [0.25, 0.3) is 0 Å². The molecule has 0 radical (unpaired) electrons. The number of aliphatic carboxylic acids is 1. The molecule has 0 spiro atoms. The van der Waals surface area contributed by atoms with Gasteiger partial charge in [0.2, 0.25) is 23.8 Å². The highest BCUT2D eigenvalue weighted by molar-refractivity contribution is 5.92. The van der Waals surface area contributed by atoms with E-state index in [0.717, 1.165) is 0 Å². The normalized spacial score (nSPS) is 12.5. The van der Waals surface area contributed by atoms with Gasteiger partial charge in [0.15, 0.2) is 0 Å². The molecule has 0 aromatic carbocycles. The highest BCUT2D eigenvalue weighted by Gasteiger charge is 2.25. The molecule has 0 heterocycles. The number of amides is 3. The van der Waals surface area contributed by atoms with Crippen LogP contribution < -0.4 is 16.0 Å². The maximum Gasteiger partial charge on any atom is 0.322 e. The Morgan fingerprint density at radius 3 is 2.13 bits per heavy atom. The molecule has 0 rings (SSSR count). The first-order valence-electron chi connectivity index (χ1n) is 6.82. The van der Waals surface area contributed by atoms with Crippen LogP contribution in [-0.4, -0.2) is 60.1 Å². The van der Waals surface area contributed by atoms with Crippen LogP contribution in [0.4, 0.5) is 0 Å². The molecule has 4 N–H and O–H groups in total. The van der Waals surface area contributed by atoms with Gasteiger partial charge in [0.1, 0.15) is 18.6 Å². The number of carbonyl (C=O) groups is 4. The van der Waals surface area contributed by atoms with Gasteiger partial charge in [-0.1, -0.05) is 13.8 Å². The van der Waals surface area contributed by atoms with Crippen molar-refractivity contribution >= 4 is 29.8 Å². The largest absolute Gasteiger partial charge is 0.480 e. The summed E-state index contributed by atoms with van der Waals surface area (Å²) >= 11 is 0.